The third kappa shape index (κ3) is 3.19. The molecule has 1 heterocycles. The van der Waals surface area contributed by atoms with Crippen LogP contribution in [-0.4, -0.2) is 49.1 Å². The van der Waals surface area contributed by atoms with E-state index in [0.29, 0.717) is 0 Å². The van der Waals surface area contributed by atoms with E-state index in [4.69, 9.17) is 0 Å². The molecule has 1 N–H and O–H groups in total. The van der Waals surface area contributed by atoms with Crippen LogP contribution < -0.4 is 5.32 Å². The van der Waals surface area contributed by atoms with Gasteiger partial charge in [0.2, 0.25) is 5.91 Å². The quantitative estimate of drug-likeness (QED) is 0.734. The fourth-order valence-corrected chi connectivity index (χ4v) is 2.24. The highest BCUT2D eigenvalue weighted by molar-refractivity contribution is 5.86. The molecule has 1 aliphatic heterocycles. The Labute approximate surface area is 102 Å². The fraction of sp³-hybridized carbons (Fsp3) is 0.833. The van der Waals surface area contributed by atoms with Gasteiger partial charge in [0.1, 0.15) is 6.54 Å². The first-order chi connectivity index (χ1) is 7.92. The zero-order valence-electron chi connectivity index (χ0n) is 11.1. The van der Waals surface area contributed by atoms with E-state index in [0.717, 1.165) is 19.3 Å². The molecule has 5 nitrogen and oxygen atoms in total. The summed E-state index contributed by atoms with van der Waals surface area (Å²) in [7, 11) is 3.12. The number of nitrogens with zero attached hydrogens (tertiary/aromatic N) is 1. The van der Waals surface area contributed by atoms with Crippen LogP contribution in [0.15, 0.2) is 0 Å². The number of esters is 1. The Kier molecular flexibility index (Phi) is 4.51. The molecule has 1 rings (SSSR count). The van der Waals surface area contributed by atoms with Crippen LogP contribution in [0.1, 0.15) is 33.1 Å². The molecule has 1 saturated heterocycles. The van der Waals surface area contributed by atoms with Gasteiger partial charge in [-0.15, -0.1) is 0 Å². The van der Waals surface area contributed by atoms with Crippen molar-refractivity contribution in [2.75, 3.05) is 20.7 Å². The molecule has 0 saturated carbocycles. The van der Waals surface area contributed by atoms with E-state index in [2.05, 4.69) is 10.1 Å². The largest absolute Gasteiger partial charge is 0.468 e. The predicted octanol–water partition coefficient (Wildman–Crippen LogP) is 0.539. The van der Waals surface area contributed by atoms with Gasteiger partial charge < -0.3 is 15.0 Å². The summed E-state index contributed by atoms with van der Waals surface area (Å²) >= 11 is 0. The Morgan fingerprint density at radius 1 is 1.59 bits per heavy atom. The molecule has 0 aliphatic carbocycles. The molecular weight excluding hydrogens is 220 g/mol. The first-order valence-corrected chi connectivity index (χ1v) is 5.98. The molecule has 1 fully saturated rings. The smallest absolute Gasteiger partial charge is 0.325 e. The van der Waals surface area contributed by atoms with E-state index >= 15 is 0 Å². The molecule has 98 valence electrons. The number of amides is 1. The second kappa shape index (κ2) is 5.49. The number of ether oxygens (including phenoxy) is 1. The van der Waals surface area contributed by atoms with Gasteiger partial charge in [-0.1, -0.05) is 0 Å². The zero-order chi connectivity index (χ0) is 13.1. The van der Waals surface area contributed by atoms with Crippen molar-refractivity contribution < 1.29 is 14.3 Å². The van der Waals surface area contributed by atoms with E-state index in [1.165, 1.54) is 7.11 Å². The molecule has 1 unspecified atom stereocenters. The van der Waals surface area contributed by atoms with Gasteiger partial charge in [0, 0.05) is 5.54 Å². The highest BCUT2D eigenvalue weighted by Gasteiger charge is 2.38. The fourth-order valence-electron chi connectivity index (χ4n) is 2.24. The molecule has 1 aliphatic rings. The molecule has 17 heavy (non-hydrogen) atoms. The number of nitrogens with one attached hydrogen (secondary N) is 1. The van der Waals surface area contributed by atoms with Crippen LogP contribution in [0.4, 0.5) is 0 Å². The number of carbonyl (C=O) groups is 2. The summed E-state index contributed by atoms with van der Waals surface area (Å²) < 4.78 is 4.65. The van der Waals surface area contributed by atoms with Crippen molar-refractivity contribution >= 4 is 11.9 Å². The van der Waals surface area contributed by atoms with Gasteiger partial charge in [0.25, 0.3) is 0 Å². The van der Waals surface area contributed by atoms with Crippen LogP contribution >= 0.6 is 0 Å². The average Bonchev–Trinajstić information content (AvgIpc) is 2.39. The Balaban J connectivity index is 2.90. The van der Waals surface area contributed by atoms with E-state index in [1.807, 2.05) is 13.8 Å². The van der Waals surface area contributed by atoms with Gasteiger partial charge in [-0.3, -0.25) is 9.59 Å². The van der Waals surface area contributed by atoms with E-state index in [-0.39, 0.29) is 30.0 Å². The number of methoxy groups -OCH3 is 1. The monoisotopic (exact) mass is 242 g/mol. The summed E-state index contributed by atoms with van der Waals surface area (Å²) in [6.45, 7) is 4.01. The number of likely N-dealkylation sites (tertiary alicyclic amines) is 1. The minimum absolute atomic E-state index is 0.0135. The number of hydrogen-bond acceptors (Lipinski definition) is 4. The molecule has 0 aromatic carbocycles. The van der Waals surface area contributed by atoms with Crippen LogP contribution in [-0.2, 0) is 14.3 Å². The van der Waals surface area contributed by atoms with Crippen molar-refractivity contribution in [3.8, 4) is 0 Å². The predicted molar refractivity (Wildman–Crippen MR) is 64.5 cm³/mol. The van der Waals surface area contributed by atoms with Crippen molar-refractivity contribution in [2.45, 2.75) is 44.7 Å². The first-order valence-electron chi connectivity index (χ1n) is 5.98. The number of hydrogen-bond donors (Lipinski definition) is 1. The minimum atomic E-state index is -0.372. The molecule has 0 radical (unpaired) electrons. The Hall–Kier alpha value is -1.10. The topological polar surface area (TPSA) is 58.6 Å². The van der Waals surface area contributed by atoms with Crippen LogP contribution in [0.5, 0.6) is 0 Å². The van der Waals surface area contributed by atoms with Crippen molar-refractivity contribution in [2.24, 2.45) is 0 Å². The minimum Gasteiger partial charge on any atom is -0.468 e. The van der Waals surface area contributed by atoms with Crippen molar-refractivity contribution in [3.05, 3.63) is 0 Å². The van der Waals surface area contributed by atoms with E-state index in [1.54, 1.807) is 11.9 Å². The normalized spacial score (nSPS) is 24.4. The van der Waals surface area contributed by atoms with Crippen LogP contribution in [0.25, 0.3) is 0 Å². The lowest BCUT2D eigenvalue weighted by Gasteiger charge is -2.37. The van der Waals surface area contributed by atoms with Crippen LogP contribution in [0, 0.1) is 0 Å². The van der Waals surface area contributed by atoms with Gasteiger partial charge in [0.15, 0.2) is 0 Å². The third-order valence-electron chi connectivity index (χ3n) is 3.44. The van der Waals surface area contributed by atoms with Crippen LogP contribution in [0.2, 0.25) is 0 Å². The van der Waals surface area contributed by atoms with Crippen molar-refractivity contribution in [1.29, 1.82) is 0 Å². The summed E-state index contributed by atoms with van der Waals surface area (Å²) in [5.41, 5.74) is -0.295. The molecule has 1 amide bonds. The lowest BCUT2D eigenvalue weighted by molar-refractivity contribution is -0.151. The third-order valence-corrected chi connectivity index (χ3v) is 3.44. The van der Waals surface area contributed by atoms with Gasteiger partial charge in [-0.25, -0.2) is 0 Å². The highest BCUT2D eigenvalue weighted by atomic mass is 16.5. The maximum atomic E-state index is 12.3. The van der Waals surface area contributed by atoms with Gasteiger partial charge in [-0.2, -0.15) is 0 Å². The second-order valence-electron chi connectivity index (χ2n) is 5.05. The van der Waals surface area contributed by atoms with Crippen molar-refractivity contribution in [3.63, 3.8) is 0 Å². The molecule has 1 atom stereocenters. The number of likely N-dealkylation sites (N-methyl/N-ethyl adjacent to an activating group) is 1. The highest BCUT2D eigenvalue weighted by Crippen LogP contribution is 2.27. The van der Waals surface area contributed by atoms with Gasteiger partial charge in [0.05, 0.1) is 13.2 Å². The summed E-state index contributed by atoms with van der Waals surface area (Å²) in [5.74, 6) is -0.386. The number of rotatable bonds is 3. The van der Waals surface area contributed by atoms with Crippen LogP contribution in [0.3, 0.4) is 0 Å². The van der Waals surface area contributed by atoms with Gasteiger partial charge >= 0.3 is 5.97 Å². The first kappa shape index (κ1) is 14.0. The van der Waals surface area contributed by atoms with Crippen molar-refractivity contribution in [1.82, 2.24) is 10.2 Å². The average molecular weight is 242 g/mol. The Morgan fingerprint density at radius 2 is 2.24 bits per heavy atom. The van der Waals surface area contributed by atoms with Gasteiger partial charge in [-0.05, 0) is 40.2 Å². The zero-order valence-corrected chi connectivity index (χ0v) is 11.1. The molecule has 0 bridgehead atoms. The molecule has 0 aromatic heterocycles. The van der Waals surface area contributed by atoms with E-state index in [9.17, 15) is 9.59 Å². The summed E-state index contributed by atoms with van der Waals surface area (Å²) in [6, 6.07) is -0.193. The maximum absolute atomic E-state index is 12.3. The lowest BCUT2D eigenvalue weighted by atomic mass is 9.97. The maximum Gasteiger partial charge on any atom is 0.325 e. The Bertz CT molecular complexity index is 302. The lowest BCUT2D eigenvalue weighted by Crippen LogP contribution is -2.54. The SMILES string of the molecule is CNC1CCCC(C)(C)N(CC(=O)OC)C1=O. The molecular formula is C12H22N2O3. The Morgan fingerprint density at radius 3 is 2.76 bits per heavy atom. The molecule has 5 heteroatoms. The molecule has 0 spiro atoms. The summed E-state index contributed by atoms with van der Waals surface area (Å²) in [6.07, 6.45) is 2.69. The second-order valence-corrected chi connectivity index (χ2v) is 5.05. The standard InChI is InChI=1S/C12H22N2O3/c1-12(2)7-5-6-9(13-3)11(16)14(12)8-10(15)17-4/h9,13H,5-8H2,1-4H3. The molecule has 0 aromatic rings. The summed E-state index contributed by atoms with van der Waals surface area (Å²) in [5, 5.41) is 3.01. The van der Waals surface area contributed by atoms with E-state index < -0.39 is 0 Å². The summed E-state index contributed by atoms with van der Waals surface area (Å²) in [4.78, 5) is 25.3. The number of carbonyl (C=O) groups excluding carboxylic acids is 2.